The van der Waals surface area contributed by atoms with Crippen molar-refractivity contribution in [1.82, 2.24) is 9.29 Å². The van der Waals surface area contributed by atoms with Gasteiger partial charge in [-0.1, -0.05) is 0 Å². The minimum Gasteiger partial charge on any atom is -0.369 e. The van der Waals surface area contributed by atoms with Crippen LogP contribution in [0.1, 0.15) is 13.8 Å². The molecular weight excluding hydrogens is 362 g/mol. The van der Waals surface area contributed by atoms with Crippen molar-refractivity contribution in [3.05, 3.63) is 16.7 Å². The second-order valence-electron chi connectivity index (χ2n) is 4.36. The van der Waals surface area contributed by atoms with E-state index < -0.39 is 10.0 Å². The number of pyridine rings is 1. The van der Waals surface area contributed by atoms with Gasteiger partial charge in [-0.05, 0) is 42.1 Å². The Balaban J connectivity index is 3.23. The zero-order valence-corrected chi connectivity index (χ0v) is 15.3. The summed E-state index contributed by atoms with van der Waals surface area (Å²) in [5.41, 5.74) is 0. The van der Waals surface area contributed by atoms with Crippen LogP contribution in [0.15, 0.2) is 21.6 Å². The molecule has 114 valence electrons. The zero-order chi connectivity index (χ0) is 15.3. The fourth-order valence-electron chi connectivity index (χ4n) is 1.66. The van der Waals surface area contributed by atoms with Crippen molar-refractivity contribution in [2.45, 2.75) is 24.8 Å². The number of nitrogens with zero attached hydrogens (tertiary/aromatic N) is 2. The number of aromatic nitrogens is 1. The molecule has 1 unspecified atom stereocenters. The zero-order valence-electron chi connectivity index (χ0n) is 12.1. The Kier molecular flexibility index (Phi) is 6.77. The van der Waals surface area contributed by atoms with Gasteiger partial charge in [-0.3, -0.25) is 0 Å². The standard InChI is InChI=1S/C12H20BrN3O2S2/c1-5-14-12-11(6-10(13)7-15-12)20(17,18)16(3)9(2)8-19-4/h6-7,9H,5,8H2,1-4H3,(H,14,15). The minimum absolute atomic E-state index is 0.0801. The first kappa shape index (κ1) is 17.7. The Labute approximate surface area is 133 Å². The van der Waals surface area contributed by atoms with Gasteiger partial charge in [0.25, 0.3) is 0 Å². The Hall–Kier alpha value is -0.310. The molecule has 0 amide bonds. The Morgan fingerprint density at radius 2 is 2.20 bits per heavy atom. The van der Waals surface area contributed by atoms with Crippen LogP contribution in [0, 0.1) is 0 Å². The summed E-state index contributed by atoms with van der Waals surface area (Å²) < 4.78 is 27.5. The van der Waals surface area contributed by atoms with E-state index in [1.807, 2.05) is 20.1 Å². The lowest BCUT2D eigenvalue weighted by Crippen LogP contribution is -2.37. The van der Waals surface area contributed by atoms with Crippen LogP contribution in [0.3, 0.4) is 0 Å². The predicted molar refractivity (Wildman–Crippen MR) is 88.9 cm³/mol. The molecule has 5 nitrogen and oxygen atoms in total. The maximum atomic E-state index is 12.7. The van der Waals surface area contributed by atoms with Gasteiger partial charge in [-0.25, -0.2) is 13.4 Å². The highest BCUT2D eigenvalue weighted by Crippen LogP contribution is 2.26. The summed E-state index contributed by atoms with van der Waals surface area (Å²) >= 11 is 4.90. The van der Waals surface area contributed by atoms with E-state index in [-0.39, 0.29) is 10.9 Å². The van der Waals surface area contributed by atoms with Gasteiger partial charge in [0, 0.05) is 36.1 Å². The van der Waals surface area contributed by atoms with Gasteiger partial charge < -0.3 is 5.32 Å². The third-order valence-corrected chi connectivity index (χ3v) is 6.08. The van der Waals surface area contributed by atoms with Gasteiger partial charge in [0.2, 0.25) is 10.0 Å². The number of hydrogen-bond acceptors (Lipinski definition) is 5. The van der Waals surface area contributed by atoms with Gasteiger partial charge in [0.1, 0.15) is 10.7 Å². The highest BCUT2D eigenvalue weighted by molar-refractivity contribution is 9.10. The van der Waals surface area contributed by atoms with E-state index in [0.717, 1.165) is 5.75 Å². The Morgan fingerprint density at radius 3 is 2.75 bits per heavy atom. The molecule has 0 saturated carbocycles. The van der Waals surface area contributed by atoms with Crippen LogP contribution in [0.4, 0.5) is 5.82 Å². The van der Waals surface area contributed by atoms with Gasteiger partial charge in [-0.15, -0.1) is 0 Å². The third kappa shape index (κ3) is 4.09. The monoisotopic (exact) mass is 381 g/mol. The molecular formula is C12H20BrN3O2S2. The van der Waals surface area contributed by atoms with Crippen molar-refractivity contribution < 1.29 is 8.42 Å². The average molecular weight is 382 g/mol. The average Bonchev–Trinajstić information content (AvgIpc) is 2.40. The SMILES string of the molecule is CCNc1ncc(Br)cc1S(=O)(=O)N(C)C(C)CSC. The lowest BCUT2D eigenvalue weighted by atomic mass is 10.4. The van der Waals surface area contributed by atoms with Crippen molar-refractivity contribution in [2.24, 2.45) is 0 Å². The fraction of sp³-hybridized carbons (Fsp3) is 0.583. The Morgan fingerprint density at radius 1 is 1.55 bits per heavy atom. The molecule has 0 saturated heterocycles. The number of halogens is 1. The molecule has 0 aliphatic heterocycles. The molecule has 1 N–H and O–H groups in total. The summed E-state index contributed by atoms with van der Waals surface area (Å²) in [5, 5.41) is 2.99. The van der Waals surface area contributed by atoms with E-state index in [9.17, 15) is 8.42 Å². The number of anilines is 1. The van der Waals surface area contributed by atoms with Gasteiger partial charge in [-0.2, -0.15) is 16.1 Å². The van der Waals surface area contributed by atoms with E-state index in [0.29, 0.717) is 16.8 Å². The van der Waals surface area contributed by atoms with Crippen molar-refractivity contribution in [2.75, 3.05) is 30.9 Å². The summed E-state index contributed by atoms with van der Waals surface area (Å²) in [7, 11) is -1.97. The topological polar surface area (TPSA) is 62.3 Å². The second kappa shape index (κ2) is 7.63. The minimum atomic E-state index is -3.57. The molecule has 0 aromatic carbocycles. The lowest BCUT2D eigenvalue weighted by Gasteiger charge is -2.24. The first-order valence-corrected chi connectivity index (χ1v) is 9.83. The molecule has 1 heterocycles. The lowest BCUT2D eigenvalue weighted by molar-refractivity contribution is 0.415. The van der Waals surface area contributed by atoms with Crippen LogP contribution in [-0.2, 0) is 10.0 Å². The second-order valence-corrected chi connectivity index (χ2v) is 8.15. The smallest absolute Gasteiger partial charge is 0.246 e. The molecule has 20 heavy (non-hydrogen) atoms. The molecule has 1 rings (SSSR count). The predicted octanol–water partition coefficient (Wildman–Crippen LogP) is 2.65. The molecule has 1 aromatic heterocycles. The fourth-order valence-corrected chi connectivity index (χ4v) is 4.44. The van der Waals surface area contributed by atoms with Gasteiger partial charge >= 0.3 is 0 Å². The van der Waals surface area contributed by atoms with Crippen LogP contribution < -0.4 is 5.32 Å². The highest BCUT2D eigenvalue weighted by Gasteiger charge is 2.28. The molecule has 1 aromatic rings. The van der Waals surface area contributed by atoms with Crippen LogP contribution in [0.5, 0.6) is 0 Å². The van der Waals surface area contributed by atoms with E-state index in [4.69, 9.17) is 0 Å². The molecule has 0 aliphatic rings. The largest absolute Gasteiger partial charge is 0.369 e. The summed E-state index contributed by atoms with van der Waals surface area (Å²) in [6, 6.07) is 1.51. The summed E-state index contributed by atoms with van der Waals surface area (Å²) in [4.78, 5) is 4.35. The first-order chi connectivity index (χ1) is 9.34. The number of thioether (sulfide) groups is 1. The van der Waals surface area contributed by atoms with Crippen LogP contribution in [-0.4, -0.2) is 49.3 Å². The van der Waals surface area contributed by atoms with Crippen molar-refractivity contribution in [3.8, 4) is 0 Å². The summed E-state index contributed by atoms with van der Waals surface area (Å²) in [6.45, 7) is 4.41. The van der Waals surface area contributed by atoms with Crippen LogP contribution >= 0.6 is 27.7 Å². The Bertz CT molecular complexity index is 552. The number of hydrogen-bond donors (Lipinski definition) is 1. The maximum absolute atomic E-state index is 12.7. The van der Waals surface area contributed by atoms with Crippen molar-refractivity contribution >= 4 is 43.5 Å². The molecule has 0 fully saturated rings. The highest BCUT2D eigenvalue weighted by atomic mass is 79.9. The quantitative estimate of drug-likeness (QED) is 0.786. The van der Waals surface area contributed by atoms with Crippen molar-refractivity contribution in [1.29, 1.82) is 0 Å². The normalized spacial score (nSPS) is 13.5. The third-order valence-electron chi connectivity index (χ3n) is 2.85. The summed E-state index contributed by atoms with van der Waals surface area (Å²) in [5.74, 6) is 1.13. The number of rotatable bonds is 7. The maximum Gasteiger partial charge on any atom is 0.246 e. The molecule has 0 bridgehead atoms. The van der Waals surface area contributed by atoms with Crippen molar-refractivity contribution in [3.63, 3.8) is 0 Å². The first-order valence-electron chi connectivity index (χ1n) is 6.21. The van der Waals surface area contributed by atoms with Gasteiger partial charge in [0.05, 0.1) is 0 Å². The molecule has 1 atom stereocenters. The van der Waals surface area contributed by atoms with Crippen LogP contribution in [0.25, 0.3) is 0 Å². The molecule has 0 radical (unpaired) electrons. The number of nitrogens with one attached hydrogen (secondary N) is 1. The molecule has 0 spiro atoms. The molecule has 8 heteroatoms. The van der Waals surface area contributed by atoms with E-state index >= 15 is 0 Å². The van der Waals surface area contributed by atoms with E-state index in [1.54, 1.807) is 31.1 Å². The number of sulfonamides is 1. The summed E-state index contributed by atoms with van der Waals surface area (Å²) in [6.07, 6.45) is 3.55. The van der Waals surface area contributed by atoms with Crippen LogP contribution in [0.2, 0.25) is 0 Å². The molecule has 0 aliphatic carbocycles. The van der Waals surface area contributed by atoms with E-state index in [2.05, 4.69) is 26.2 Å². The van der Waals surface area contributed by atoms with Gasteiger partial charge in [0.15, 0.2) is 0 Å². The van der Waals surface area contributed by atoms with E-state index in [1.165, 1.54) is 4.31 Å².